The van der Waals surface area contributed by atoms with Gasteiger partial charge in [-0.05, 0) is 63.5 Å². The molecule has 1 unspecified atom stereocenters. The van der Waals surface area contributed by atoms with Crippen molar-refractivity contribution in [1.29, 1.82) is 0 Å². The standard InChI is InChI=1S/C18H24BNO3/c1-12-18(2,3)23-19(22-12)15-7-4-8-16-14(15)6-5-11-20(16)17(21)13-9-10-13/h4,7-8,12-13H,5-6,9-11H2,1-3H3. The van der Waals surface area contributed by atoms with Gasteiger partial charge in [0.15, 0.2) is 0 Å². The number of carbonyl (C=O) groups is 1. The maximum absolute atomic E-state index is 12.6. The van der Waals surface area contributed by atoms with Crippen LogP contribution in [0.25, 0.3) is 0 Å². The molecule has 2 fully saturated rings. The Bertz CT molecular complexity index is 641. The Morgan fingerprint density at radius 1 is 1.35 bits per heavy atom. The van der Waals surface area contributed by atoms with Gasteiger partial charge in [-0.1, -0.05) is 12.1 Å². The summed E-state index contributed by atoms with van der Waals surface area (Å²) in [6.07, 6.45) is 4.14. The molecule has 2 heterocycles. The van der Waals surface area contributed by atoms with Gasteiger partial charge in [-0.2, -0.15) is 0 Å². The van der Waals surface area contributed by atoms with Gasteiger partial charge in [0.25, 0.3) is 0 Å². The summed E-state index contributed by atoms with van der Waals surface area (Å²) < 4.78 is 12.2. The van der Waals surface area contributed by atoms with E-state index in [-0.39, 0.29) is 24.7 Å². The number of carbonyl (C=O) groups excluding carboxylic acids is 1. The summed E-state index contributed by atoms with van der Waals surface area (Å²) in [6.45, 7) is 7.02. The molecular formula is C18H24BNO3. The molecule has 0 N–H and O–H groups in total. The third kappa shape index (κ3) is 2.60. The lowest BCUT2D eigenvalue weighted by atomic mass is 9.73. The van der Waals surface area contributed by atoms with Crippen molar-refractivity contribution in [3.8, 4) is 0 Å². The zero-order valence-corrected chi connectivity index (χ0v) is 14.2. The van der Waals surface area contributed by atoms with Crippen LogP contribution in [0.3, 0.4) is 0 Å². The molecule has 1 saturated heterocycles. The molecule has 1 aliphatic carbocycles. The molecule has 2 aliphatic heterocycles. The Balaban J connectivity index is 1.68. The van der Waals surface area contributed by atoms with Crippen molar-refractivity contribution in [3.05, 3.63) is 23.8 Å². The van der Waals surface area contributed by atoms with Gasteiger partial charge in [-0.25, -0.2) is 0 Å². The molecule has 3 aliphatic rings. The molecule has 0 aromatic heterocycles. The van der Waals surface area contributed by atoms with Crippen LogP contribution in [0.1, 0.15) is 45.6 Å². The molecule has 0 spiro atoms. The summed E-state index contributed by atoms with van der Waals surface area (Å²) in [6, 6.07) is 6.18. The van der Waals surface area contributed by atoms with Crippen molar-refractivity contribution < 1.29 is 14.1 Å². The molecule has 4 nitrogen and oxygen atoms in total. The van der Waals surface area contributed by atoms with E-state index < -0.39 is 0 Å². The monoisotopic (exact) mass is 313 g/mol. The first-order valence-electron chi connectivity index (χ1n) is 8.74. The minimum atomic E-state index is -0.328. The third-order valence-corrected chi connectivity index (χ3v) is 5.45. The average Bonchev–Trinajstić information content (AvgIpc) is 3.33. The van der Waals surface area contributed by atoms with Gasteiger partial charge in [-0.15, -0.1) is 0 Å². The zero-order valence-electron chi connectivity index (χ0n) is 14.2. The van der Waals surface area contributed by atoms with Crippen LogP contribution in [0.4, 0.5) is 5.69 Å². The van der Waals surface area contributed by atoms with Crippen LogP contribution < -0.4 is 10.4 Å². The molecule has 1 aromatic carbocycles. The van der Waals surface area contributed by atoms with Crippen molar-refractivity contribution in [1.82, 2.24) is 0 Å². The van der Waals surface area contributed by atoms with Gasteiger partial charge in [0.1, 0.15) is 0 Å². The van der Waals surface area contributed by atoms with E-state index in [0.29, 0.717) is 5.91 Å². The summed E-state index contributed by atoms with van der Waals surface area (Å²) in [5, 5.41) is 0. The van der Waals surface area contributed by atoms with Crippen LogP contribution in [0, 0.1) is 5.92 Å². The minimum Gasteiger partial charge on any atom is -0.402 e. The first kappa shape index (κ1) is 15.2. The highest BCUT2D eigenvalue weighted by Crippen LogP contribution is 2.36. The first-order chi connectivity index (χ1) is 11.0. The predicted octanol–water partition coefficient (Wildman–Crippen LogP) is 2.28. The van der Waals surface area contributed by atoms with Crippen molar-refractivity contribution >= 4 is 24.2 Å². The fourth-order valence-corrected chi connectivity index (χ4v) is 3.54. The second kappa shape index (κ2) is 5.35. The van der Waals surface area contributed by atoms with Crippen molar-refractivity contribution in [2.45, 2.75) is 58.2 Å². The number of rotatable bonds is 2. The maximum atomic E-state index is 12.6. The second-order valence-corrected chi connectivity index (χ2v) is 7.54. The minimum absolute atomic E-state index is 0.0520. The van der Waals surface area contributed by atoms with Crippen molar-refractivity contribution in [2.75, 3.05) is 11.4 Å². The zero-order chi connectivity index (χ0) is 16.2. The number of fused-ring (bicyclic) bond motifs is 1. The van der Waals surface area contributed by atoms with E-state index in [1.54, 1.807) is 0 Å². The fraction of sp³-hybridized carbons (Fsp3) is 0.611. The number of hydrogen-bond acceptors (Lipinski definition) is 3. The second-order valence-electron chi connectivity index (χ2n) is 7.54. The van der Waals surface area contributed by atoms with E-state index in [1.165, 1.54) is 5.56 Å². The van der Waals surface area contributed by atoms with Crippen LogP contribution in [0.5, 0.6) is 0 Å². The number of nitrogens with zero attached hydrogens (tertiary/aromatic N) is 1. The van der Waals surface area contributed by atoms with Crippen LogP contribution >= 0.6 is 0 Å². The van der Waals surface area contributed by atoms with Gasteiger partial charge >= 0.3 is 7.12 Å². The normalized spacial score (nSPS) is 26.3. The Morgan fingerprint density at radius 2 is 2.13 bits per heavy atom. The molecule has 23 heavy (non-hydrogen) atoms. The highest BCUT2D eigenvalue weighted by atomic mass is 16.7. The van der Waals surface area contributed by atoms with Crippen LogP contribution in [-0.2, 0) is 20.5 Å². The summed E-state index contributed by atoms with van der Waals surface area (Å²) >= 11 is 0. The summed E-state index contributed by atoms with van der Waals surface area (Å²) in [4.78, 5) is 14.6. The van der Waals surface area contributed by atoms with Gasteiger partial charge in [-0.3, -0.25) is 4.79 Å². The van der Waals surface area contributed by atoms with E-state index in [1.807, 2.05) is 11.0 Å². The molecular weight excluding hydrogens is 289 g/mol. The van der Waals surface area contributed by atoms with Gasteiger partial charge in [0.05, 0.1) is 11.7 Å². The highest BCUT2D eigenvalue weighted by Gasteiger charge is 2.45. The molecule has 4 rings (SSSR count). The van der Waals surface area contributed by atoms with E-state index in [4.69, 9.17) is 9.31 Å². The maximum Gasteiger partial charge on any atom is 0.494 e. The highest BCUT2D eigenvalue weighted by molar-refractivity contribution is 6.62. The molecule has 0 bridgehead atoms. The van der Waals surface area contributed by atoms with Gasteiger partial charge < -0.3 is 14.2 Å². The van der Waals surface area contributed by atoms with Crippen molar-refractivity contribution in [2.24, 2.45) is 5.92 Å². The molecule has 122 valence electrons. The number of amides is 1. The predicted molar refractivity (Wildman–Crippen MR) is 90.9 cm³/mol. The molecule has 1 amide bonds. The quantitative estimate of drug-likeness (QED) is 0.786. The third-order valence-electron chi connectivity index (χ3n) is 5.45. The van der Waals surface area contributed by atoms with Crippen LogP contribution in [0.2, 0.25) is 0 Å². The topological polar surface area (TPSA) is 38.8 Å². The fourth-order valence-electron chi connectivity index (χ4n) is 3.54. The summed E-state index contributed by atoms with van der Waals surface area (Å²) in [5.41, 5.74) is 3.09. The Morgan fingerprint density at radius 3 is 2.78 bits per heavy atom. The van der Waals surface area contributed by atoms with E-state index in [9.17, 15) is 4.79 Å². The molecule has 1 aromatic rings. The van der Waals surface area contributed by atoms with E-state index >= 15 is 0 Å². The lowest BCUT2D eigenvalue weighted by Crippen LogP contribution is -2.42. The average molecular weight is 313 g/mol. The number of benzene rings is 1. The molecule has 0 radical (unpaired) electrons. The number of anilines is 1. The Labute approximate surface area is 138 Å². The molecule has 5 heteroatoms. The van der Waals surface area contributed by atoms with Crippen LogP contribution in [-0.4, -0.2) is 31.3 Å². The largest absolute Gasteiger partial charge is 0.494 e. The SMILES string of the molecule is CC1OB(c2cccc3c2CCCN3C(=O)C2CC2)OC1(C)C. The Hall–Kier alpha value is -1.33. The van der Waals surface area contributed by atoms with E-state index in [2.05, 4.69) is 32.9 Å². The van der Waals surface area contributed by atoms with E-state index in [0.717, 1.165) is 43.4 Å². The van der Waals surface area contributed by atoms with Crippen LogP contribution in [0.15, 0.2) is 18.2 Å². The Kier molecular flexibility index (Phi) is 3.54. The number of hydrogen-bond donors (Lipinski definition) is 0. The lowest BCUT2D eigenvalue weighted by Gasteiger charge is -2.31. The lowest BCUT2D eigenvalue weighted by molar-refractivity contribution is -0.119. The van der Waals surface area contributed by atoms with Gasteiger partial charge in [0, 0.05) is 18.2 Å². The smallest absolute Gasteiger partial charge is 0.402 e. The first-order valence-corrected chi connectivity index (χ1v) is 8.74. The summed E-state index contributed by atoms with van der Waals surface area (Å²) in [7, 11) is -0.328. The molecule has 1 atom stereocenters. The van der Waals surface area contributed by atoms with Gasteiger partial charge in [0.2, 0.25) is 5.91 Å². The van der Waals surface area contributed by atoms with Crippen molar-refractivity contribution in [3.63, 3.8) is 0 Å². The molecule has 1 saturated carbocycles. The summed E-state index contributed by atoms with van der Waals surface area (Å²) in [5.74, 6) is 0.549.